The Kier molecular flexibility index (Phi) is 4.97. The van der Waals surface area contributed by atoms with Gasteiger partial charge in [-0.2, -0.15) is 0 Å². The molecule has 0 aliphatic carbocycles. The van der Waals surface area contributed by atoms with Gasteiger partial charge in [0, 0.05) is 25.0 Å². The van der Waals surface area contributed by atoms with Gasteiger partial charge in [0.1, 0.15) is 18.0 Å². The Bertz CT molecular complexity index is 973. The van der Waals surface area contributed by atoms with E-state index in [1.807, 2.05) is 0 Å². The first-order valence-corrected chi connectivity index (χ1v) is 7.66. The lowest BCUT2D eigenvalue weighted by molar-refractivity contribution is 0.251. The lowest BCUT2D eigenvalue weighted by atomic mass is 10.3. The summed E-state index contributed by atoms with van der Waals surface area (Å²) in [6, 6.07) is 7.87. The maximum atomic E-state index is 12.9. The van der Waals surface area contributed by atoms with Gasteiger partial charge >= 0.3 is 6.03 Å². The lowest BCUT2D eigenvalue weighted by Crippen LogP contribution is -2.32. The van der Waals surface area contributed by atoms with Gasteiger partial charge < -0.3 is 10.6 Å². The van der Waals surface area contributed by atoms with Crippen molar-refractivity contribution in [3.8, 4) is 11.4 Å². The number of urea groups is 1. The summed E-state index contributed by atoms with van der Waals surface area (Å²) in [6.45, 7) is 0.0255. The first-order valence-electron chi connectivity index (χ1n) is 7.66. The van der Waals surface area contributed by atoms with Gasteiger partial charge in [-0.1, -0.05) is 0 Å². The molecule has 9 heteroatoms. The highest BCUT2D eigenvalue weighted by Gasteiger charge is 2.10. The monoisotopic (exact) mass is 354 g/mol. The second-order valence-electron chi connectivity index (χ2n) is 5.36. The number of rotatable bonds is 4. The fourth-order valence-corrected chi connectivity index (χ4v) is 2.19. The molecule has 0 fully saturated rings. The van der Waals surface area contributed by atoms with E-state index >= 15 is 0 Å². The van der Waals surface area contributed by atoms with E-state index in [4.69, 9.17) is 0 Å². The molecule has 0 saturated heterocycles. The maximum Gasteiger partial charge on any atom is 0.319 e. The number of halogens is 1. The zero-order valence-corrected chi connectivity index (χ0v) is 13.8. The highest BCUT2D eigenvalue weighted by atomic mass is 19.1. The van der Waals surface area contributed by atoms with Crippen molar-refractivity contribution < 1.29 is 9.18 Å². The zero-order valence-electron chi connectivity index (χ0n) is 13.8. The van der Waals surface area contributed by atoms with Crippen LogP contribution < -0.4 is 16.2 Å². The normalized spacial score (nSPS) is 10.4. The van der Waals surface area contributed by atoms with E-state index in [0.29, 0.717) is 22.9 Å². The summed E-state index contributed by atoms with van der Waals surface area (Å²) < 4.78 is 14.2. The van der Waals surface area contributed by atoms with Crippen LogP contribution in [0.3, 0.4) is 0 Å². The average molecular weight is 354 g/mol. The molecule has 1 aromatic carbocycles. The highest BCUT2D eigenvalue weighted by Crippen LogP contribution is 2.11. The minimum atomic E-state index is -0.502. The molecule has 2 N–H and O–H groups in total. The van der Waals surface area contributed by atoms with E-state index in [2.05, 4.69) is 25.6 Å². The van der Waals surface area contributed by atoms with Crippen LogP contribution in [-0.2, 0) is 13.6 Å². The topological polar surface area (TPSA) is 102 Å². The Hall–Kier alpha value is -3.62. The summed E-state index contributed by atoms with van der Waals surface area (Å²) in [5, 5.41) is 5.18. The van der Waals surface area contributed by atoms with E-state index in [1.165, 1.54) is 41.2 Å². The van der Waals surface area contributed by atoms with Gasteiger partial charge in [0.2, 0.25) is 0 Å². The van der Waals surface area contributed by atoms with Crippen molar-refractivity contribution in [3.63, 3.8) is 0 Å². The largest absolute Gasteiger partial charge is 0.331 e. The number of carbonyl (C=O) groups is 1. The molecule has 0 aliphatic rings. The molecule has 132 valence electrons. The van der Waals surface area contributed by atoms with E-state index < -0.39 is 11.8 Å². The standard InChI is InChI=1S/C17H15FN6O2/c1-24-15(9-20-17(26)22-12-4-2-11(18)3-5-12)23-14(8-16(24)25)13-6-7-19-10-21-13/h2-8,10H,9H2,1H3,(H2,20,22,26). The minimum Gasteiger partial charge on any atom is -0.331 e. The number of amides is 2. The molecular weight excluding hydrogens is 339 g/mol. The molecule has 8 nitrogen and oxygen atoms in total. The SMILES string of the molecule is Cn1c(CNC(=O)Nc2ccc(F)cc2)nc(-c2ccncn2)cc1=O. The second-order valence-corrected chi connectivity index (χ2v) is 5.36. The Morgan fingerprint density at radius 2 is 1.96 bits per heavy atom. The van der Waals surface area contributed by atoms with Gasteiger partial charge in [-0.15, -0.1) is 0 Å². The number of anilines is 1. The molecule has 2 aromatic heterocycles. The Labute approximate surface area is 147 Å². The third-order valence-electron chi connectivity index (χ3n) is 3.58. The van der Waals surface area contributed by atoms with E-state index in [0.717, 1.165) is 0 Å². The van der Waals surface area contributed by atoms with Crippen LogP contribution in [0.4, 0.5) is 14.9 Å². The highest BCUT2D eigenvalue weighted by molar-refractivity contribution is 5.89. The van der Waals surface area contributed by atoms with Crippen molar-refractivity contribution >= 4 is 11.7 Å². The van der Waals surface area contributed by atoms with E-state index in [9.17, 15) is 14.0 Å². The van der Waals surface area contributed by atoms with Crippen LogP contribution in [0.25, 0.3) is 11.4 Å². The lowest BCUT2D eigenvalue weighted by Gasteiger charge is -2.11. The quantitative estimate of drug-likeness (QED) is 0.742. The summed E-state index contributed by atoms with van der Waals surface area (Å²) in [5.74, 6) is -0.0305. The van der Waals surface area contributed by atoms with Crippen LogP contribution in [-0.4, -0.2) is 25.6 Å². The number of nitrogens with zero attached hydrogens (tertiary/aromatic N) is 4. The smallest absolute Gasteiger partial charge is 0.319 e. The van der Waals surface area contributed by atoms with Crippen molar-refractivity contribution in [1.29, 1.82) is 0 Å². The van der Waals surface area contributed by atoms with Crippen LogP contribution in [0, 0.1) is 5.82 Å². The molecule has 0 radical (unpaired) electrons. The summed E-state index contributed by atoms with van der Waals surface area (Å²) in [5.41, 5.74) is 1.07. The molecule has 2 amide bonds. The fourth-order valence-electron chi connectivity index (χ4n) is 2.19. The first kappa shape index (κ1) is 17.2. The summed E-state index contributed by atoms with van der Waals surface area (Å²) >= 11 is 0. The van der Waals surface area contributed by atoms with Crippen LogP contribution in [0.1, 0.15) is 5.82 Å². The number of carbonyl (C=O) groups excluding carboxylic acids is 1. The molecule has 0 spiro atoms. The molecule has 0 aliphatic heterocycles. The Balaban J connectivity index is 1.73. The van der Waals surface area contributed by atoms with Crippen molar-refractivity contribution in [2.24, 2.45) is 7.05 Å². The van der Waals surface area contributed by atoms with Gasteiger partial charge in [0.05, 0.1) is 17.9 Å². The van der Waals surface area contributed by atoms with Crippen molar-refractivity contribution in [2.75, 3.05) is 5.32 Å². The van der Waals surface area contributed by atoms with E-state index in [-0.39, 0.29) is 12.1 Å². The summed E-state index contributed by atoms with van der Waals surface area (Å²) in [4.78, 5) is 36.4. The van der Waals surface area contributed by atoms with Gasteiger partial charge in [-0.3, -0.25) is 9.36 Å². The molecule has 2 heterocycles. The second kappa shape index (κ2) is 7.51. The maximum absolute atomic E-state index is 12.9. The van der Waals surface area contributed by atoms with Gasteiger partial charge in [-0.05, 0) is 30.3 Å². The number of hydrogen-bond acceptors (Lipinski definition) is 5. The van der Waals surface area contributed by atoms with Crippen LogP contribution >= 0.6 is 0 Å². The van der Waals surface area contributed by atoms with Gasteiger partial charge in [-0.25, -0.2) is 24.1 Å². The molecule has 0 atom stereocenters. The number of benzene rings is 1. The van der Waals surface area contributed by atoms with Gasteiger partial charge in [0.25, 0.3) is 5.56 Å². The molecule has 3 rings (SSSR count). The Morgan fingerprint density at radius 1 is 1.19 bits per heavy atom. The molecular formula is C17H15FN6O2. The summed E-state index contributed by atoms with van der Waals surface area (Å²) in [6.07, 6.45) is 2.91. The van der Waals surface area contributed by atoms with Crippen LogP contribution in [0.5, 0.6) is 0 Å². The summed E-state index contributed by atoms with van der Waals surface area (Å²) in [7, 11) is 1.56. The molecule has 3 aromatic rings. The van der Waals surface area contributed by atoms with E-state index in [1.54, 1.807) is 19.3 Å². The van der Waals surface area contributed by atoms with Crippen molar-refractivity contribution in [1.82, 2.24) is 24.8 Å². The van der Waals surface area contributed by atoms with Crippen molar-refractivity contribution in [2.45, 2.75) is 6.54 Å². The average Bonchev–Trinajstić information content (AvgIpc) is 2.65. The zero-order chi connectivity index (χ0) is 18.5. The van der Waals surface area contributed by atoms with Gasteiger partial charge in [0.15, 0.2) is 0 Å². The molecule has 0 unspecified atom stereocenters. The predicted octanol–water partition coefficient (Wildman–Crippen LogP) is 1.70. The molecule has 0 bridgehead atoms. The molecule has 26 heavy (non-hydrogen) atoms. The number of nitrogens with one attached hydrogen (secondary N) is 2. The van der Waals surface area contributed by atoms with Crippen LogP contribution in [0.2, 0.25) is 0 Å². The number of hydrogen-bond donors (Lipinski definition) is 2. The predicted molar refractivity (Wildman–Crippen MR) is 92.8 cm³/mol. The Morgan fingerprint density at radius 3 is 2.65 bits per heavy atom. The first-order chi connectivity index (χ1) is 12.5. The third-order valence-corrected chi connectivity index (χ3v) is 3.58. The fraction of sp³-hybridized carbons (Fsp3) is 0.118. The number of aromatic nitrogens is 4. The van der Waals surface area contributed by atoms with Crippen LogP contribution in [0.15, 0.2) is 53.7 Å². The minimum absolute atomic E-state index is 0.0255. The van der Waals surface area contributed by atoms with Crippen molar-refractivity contribution in [3.05, 3.63) is 70.9 Å². The molecule has 0 saturated carbocycles. The third kappa shape index (κ3) is 4.07.